The van der Waals surface area contributed by atoms with E-state index in [0.717, 1.165) is 4.90 Å². The van der Waals surface area contributed by atoms with Crippen LogP contribution in [0.3, 0.4) is 0 Å². The van der Waals surface area contributed by atoms with Gasteiger partial charge < -0.3 is 15.0 Å². The van der Waals surface area contributed by atoms with Crippen LogP contribution in [0, 0.1) is 5.82 Å². The van der Waals surface area contributed by atoms with Crippen LogP contribution in [-0.4, -0.2) is 41.7 Å². The normalized spacial score (nSPS) is 14.6. The van der Waals surface area contributed by atoms with Crippen molar-refractivity contribution in [2.24, 2.45) is 0 Å². The zero-order valence-corrected chi connectivity index (χ0v) is 17.8. The van der Waals surface area contributed by atoms with Crippen molar-refractivity contribution in [3.63, 3.8) is 0 Å². The minimum Gasteiger partial charge on any atom is -0.481 e. The van der Waals surface area contributed by atoms with Gasteiger partial charge >= 0.3 is 0 Å². The van der Waals surface area contributed by atoms with Gasteiger partial charge in [-0.05, 0) is 30.3 Å². The van der Waals surface area contributed by atoms with E-state index in [4.69, 9.17) is 4.74 Å². The van der Waals surface area contributed by atoms with E-state index in [1.807, 2.05) is 0 Å². The standard InChI is InChI=1S/C25H18FN3O5/c26-19-8-4-1-5-15(19)12-28-20-10-9-16(11-21(20)34-14-23(28)31)27-22(30)13-29-24(32)17-6-2-3-7-18(17)25(29)33/h1-11H,12-14H2,(H,27,30). The van der Waals surface area contributed by atoms with Crippen molar-refractivity contribution in [2.45, 2.75) is 6.54 Å². The summed E-state index contributed by atoms with van der Waals surface area (Å²) in [7, 11) is 0. The Labute approximate surface area is 193 Å². The summed E-state index contributed by atoms with van der Waals surface area (Å²) in [5.74, 6) is -2.00. The first kappa shape index (κ1) is 21.3. The molecular formula is C25H18FN3O5. The molecule has 0 aromatic heterocycles. The Morgan fingerprint density at radius 2 is 1.59 bits per heavy atom. The van der Waals surface area contributed by atoms with Crippen molar-refractivity contribution < 1.29 is 28.3 Å². The highest BCUT2D eigenvalue weighted by Gasteiger charge is 2.36. The number of halogens is 1. The zero-order chi connectivity index (χ0) is 23.8. The number of fused-ring (bicyclic) bond motifs is 2. The van der Waals surface area contributed by atoms with Gasteiger partial charge in [-0.25, -0.2) is 4.39 Å². The monoisotopic (exact) mass is 459 g/mol. The molecule has 0 unspecified atom stereocenters. The number of ether oxygens (including phenoxy) is 1. The Morgan fingerprint density at radius 1 is 0.912 bits per heavy atom. The third-order valence-electron chi connectivity index (χ3n) is 5.65. The summed E-state index contributed by atoms with van der Waals surface area (Å²) in [5, 5.41) is 2.64. The number of amides is 4. The van der Waals surface area contributed by atoms with Crippen molar-refractivity contribution in [1.29, 1.82) is 0 Å². The van der Waals surface area contributed by atoms with Gasteiger partial charge in [0.25, 0.3) is 17.7 Å². The maximum atomic E-state index is 14.1. The molecule has 4 amide bonds. The molecule has 8 nitrogen and oxygen atoms in total. The number of hydrogen-bond donors (Lipinski definition) is 1. The van der Waals surface area contributed by atoms with Crippen LogP contribution in [0.15, 0.2) is 66.7 Å². The summed E-state index contributed by atoms with van der Waals surface area (Å²) < 4.78 is 19.6. The molecule has 0 aliphatic carbocycles. The van der Waals surface area contributed by atoms with Crippen molar-refractivity contribution in [2.75, 3.05) is 23.4 Å². The molecule has 0 spiro atoms. The summed E-state index contributed by atoms with van der Waals surface area (Å²) in [6.07, 6.45) is 0. The summed E-state index contributed by atoms with van der Waals surface area (Å²) in [4.78, 5) is 52.2. The smallest absolute Gasteiger partial charge is 0.265 e. The Bertz CT molecular complexity index is 1320. The summed E-state index contributed by atoms with van der Waals surface area (Å²) in [6.45, 7) is -0.636. The van der Waals surface area contributed by atoms with Crippen LogP contribution in [0.4, 0.5) is 15.8 Å². The average molecular weight is 459 g/mol. The van der Waals surface area contributed by atoms with E-state index in [1.165, 1.54) is 17.0 Å². The predicted molar refractivity (Wildman–Crippen MR) is 120 cm³/mol. The first-order valence-corrected chi connectivity index (χ1v) is 10.5. The lowest BCUT2D eigenvalue weighted by Gasteiger charge is -2.30. The largest absolute Gasteiger partial charge is 0.481 e. The SMILES string of the molecule is O=C(CN1C(=O)c2ccccc2C1=O)Nc1ccc2c(c1)OCC(=O)N2Cc1ccccc1F. The lowest BCUT2D eigenvalue weighted by atomic mass is 10.1. The number of nitrogens with zero attached hydrogens (tertiary/aromatic N) is 2. The molecule has 0 bridgehead atoms. The first-order chi connectivity index (χ1) is 16.4. The number of anilines is 2. The lowest BCUT2D eigenvalue weighted by molar-refractivity contribution is -0.121. The molecule has 34 heavy (non-hydrogen) atoms. The Hall–Kier alpha value is -4.53. The van der Waals surface area contributed by atoms with Crippen molar-refractivity contribution in [1.82, 2.24) is 4.90 Å². The number of nitrogens with one attached hydrogen (secondary N) is 1. The van der Waals surface area contributed by atoms with E-state index in [1.54, 1.807) is 54.6 Å². The number of carbonyl (C=O) groups excluding carboxylic acids is 4. The Morgan fingerprint density at radius 3 is 2.29 bits per heavy atom. The lowest BCUT2D eigenvalue weighted by Crippen LogP contribution is -2.38. The zero-order valence-electron chi connectivity index (χ0n) is 17.8. The molecule has 3 aromatic carbocycles. The molecular weight excluding hydrogens is 441 g/mol. The first-order valence-electron chi connectivity index (χ1n) is 10.5. The minimum atomic E-state index is -0.565. The summed E-state index contributed by atoms with van der Waals surface area (Å²) >= 11 is 0. The molecule has 2 aliphatic heterocycles. The van der Waals surface area contributed by atoms with E-state index in [9.17, 15) is 23.6 Å². The molecule has 170 valence electrons. The van der Waals surface area contributed by atoms with Crippen molar-refractivity contribution >= 4 is 35.0 Å². The molecule has 1 N–H and O–H groups in total. The van der Waals surface area contributed by atoms with Crippen LogP contribution in [-0.2, 0) is 16.1 Å². The summed E-state index contributed by atoms with van der Waals surface area (Å²) in [5.41, 5.74) is 1.70. The van der Waals surface area contributed by atoms with E-state index in [0.29, 0.717) is 22.7 Å². The fraction of sp³-hybridized carbons (Fsp3) is 0.120. The van der Waals surface area contributed by atoms with Gasteiger partial charge in [0.2, 0.25) is 5.91 Å². The van der Waals surface area contributed by atoms with Gasteiger partial charge in [-0.3, -0.25) is 24.1 Å². The van der Waals surface area contributed by atoms with Gasteiger partial charge in [-0.2, -0.15) is 0 Å². The molecule has 2 heterocycles. The van der Waals surface area contributed by atoms with Crippen LogP contribution >= 0.6 is 0 Å². The van der Waals surface area contributed by atoms with E-state index < -0.39 is 30.1 Å². The highest BCUT2D eigenvalue weighted by molar-refractivity contribution is 6.22. The van der Waals surface area contributed by atoms with Gasteiger partial charge in [0, 0.05) is 17.3 Å². The van der Waals surface area contributed by atoms with E-state index in [2.05, 4.69) is 5.32 Å². The number of benzene rings is 3. The van der Waals surface area contributed by atoms with Crippen molar-refractivity contribution in [3.8, 4) is 5.75 Å². The predicted octanol–water partition coefficient (Wildman–Crippen LogP) is 2.99. The van der Waals surface area contributed by atoms with Gasteiger partial charge in [-0.1, -0.05) is 30.3 Å². The van der Waals surface area contributed by atoms with Gasteiger partial charge in [-0.15, -0.1) is 0 Å². The molecule has 0 fully saturated rings. The minimum absolute atomic E-state index is 0.0350. The quantitative estimate of drug-likeness (QED) is 0.592. The molecule has 5 rings (SSSR count). The topological polar surface area (TPSA) is 96.0 Å². The van der Waals surface area contributed by atoms with Crippen LogP contribution < -0.4 is 15.0 Å². The molecule has 0 saturated carbocycles. The van der Waals surface area contributed by atoms with E-state index in [-0.39, 0.29) is 30.2 Å². The third-order valence-corrected chi connectivity index (χ3v) is 5.65. The Kier molecular flexibility index (Phi) is 5.29. The second-order valence-corrected chi connectivity index (χ2v) is 7.83. The number of hydrogen-bond acceptors (Lipinski definition) is 5. The van der Waals surface area contributed by atoms with Gasteiger partial charge in [0.05, 0.1) is 23.4 Å². The highest BCUT2D eigenvalue weighted by atomic mass is 19.1. The average Bonchev–Trinajstić information content (AvgIpc) is 3.07. The molecule has 0 atom stereocenters. The fourth-order valence-electron chi connectivity index (χ4n) is 3.98. The molecule has 9 heteroatoms. The fourth-order valence-corrected chi connectivity index (χ4v) is 3.98. The number of carbonyl (C=O) groups is 4. The van der Waals surface area contributed by atoms with Crippen molar-refractivity contribution in [3.05, 3.63) is 89.2 Å². The van der Waals surface area contributed by atoms with E-state index >= 15 is 0 Å². The molecule has 2 aliphatic rings. The third kappa shape index (κ3) is 3.77. The maximum absolute atomic E-state index is 14.1. The molecule has 3 aromatic rings. The molecule has 0 saturated heterocycles. The second-order valence-electron chi connectivity index (χ2n) is 7.83. The van der Waals surface area contributed by atoms with Crippen LogP contribution in [0.1, 0.15) is 26.3 Å². The maximum Gasteiger partial charge on any atom is 0.265 e. The van der Waals surface area contributed by atoms with Crippen LogP contribution in [0.5, 0.6) is 5.75 Å². The Balaban J connectivity index is 1.30. The second kappa shape index (κ2) is 8.43. The summed E-state index contributed by atoms with van der Waals surface area (Å²) in [6, 6.07) is 17.3. The van der Waals surface area contributed by atoms with Gasteiger partial charge in [0.15, 0.2) is 6.61 Å². The van der Waals surface area contributed by atoms with Gasteiger partial charge in [0.1, 0.15) is 18.1 Å². The highest BCUT2D eigenvalue weighted by Crippen LogP contribution is 2.35. The van der Waals surface area contributed by atoms with Crippen LogP contribution in [0.25, 0.3) is 0 Å². The van der Waals surface area contributed by atoms with Crippen LogP contribution in [0.2, 0.25) is 0 Å². The number of rotatable bonds is 5. The number of imide groups is 1. The molecule has 0 radical (unpaired) electrons.